The van der Waals surface area contributed by atoms with Crippen molar-refractivity contribution in [2.45, 2.75) is 63.9 Å². The predicted octanol–water partition coefficient (Wildman–Crippen LogP) is 5.96. The average Bonchev–Trinajstić information content (AvgIpc) is 2.78. The van der Waals surface area contributed by atoms with Gasteiger partial charge in [0, 0.05) is 6.42 Å². The third kappa shape index (κ3) is 7.73. The molecule has 35 heavy (non-hydrogen) atoms. The summed E-state index contributed by atoms with van der Waals surface area (Å²) in [5.41, 5.74) is 1.77. The molecule has 188 valence electrons. The maximum Gasteiger partial charge on any atom is 0.261 e. The molecule has 6 nitrogen and oxygen atoms in total. The van der Waals surface area contributed by atoms with Crippen molar-refractivity contribution in [3.8, 4) is 0 Å². The number of sulfonamides is 1. The largest absolute Gasteiger partial charge is 0.302 e. The van der Waals surface area contributed by atoms with Crippen LogP contribution in [0.25, 0.3) is 10.8 Å². The highest BCUT2D eigenvalue weighted by Gasteiger charge is 2.41. The van der Waals surface area contributed by atoms with Gasteiger partial charge in [-0.25, -0.2) is 8.42 Å². The molecular weight excluding hydrogens is 476 g/mol. The molecular formula is C27H36N2O4SSi. The molecule has 3 aromatic rings. The fourth-order valence-electron chi connectivity index (χ4n) is 3.38. The number of hydrazine groups is 1. The zero-order valence-corrected chi connectivity index (χ0v) is 23.1. The molecule has 0 bridgehead atoms. The Labute approximate surface area is 210 Å². The van der Waals surface area contributed by atoms with Crippen LogP contribution < -0.4 is 4.83 Å². The van der Waals surface area contributed by atoms with Crippen LogP contribution in [0.15, 0.2) is 72.8 Å². The zero-order chi connectivity index (χ0) is 25.7. The molecule has 8 heteroatoms. The van der Waals surface area contributed by atoms with Gasteiger partial charge in [0.1, 0.15) is 0 Å². The lowest BCUT2D eigenvalue weighted by atomic mass is 10.1. The number of nitrogens with one attached hydrogen (secondary N) is 1. The molecule has 0 aliphatic heterocycles. The van der Waals surface area contributed by atoms with E-state index in [-0.39, 0.29) is 17.2 Å². The van der Waals surface area contributed by atoms with Gasteiger partial charge >= 0.3 is 0 Å². The van der Waals surface area contributed by atoms with Gasteiger partial charge < -0.3 is 4.53 Å². The molecule has 0 unspecified atom stereocenters. The number of hydrogen-bond acceptors (Lipinski definition) is 4. The molecule has 3 aromatic carbocycles. The summed E-state index contributed by atoms with van der Waals surface area (Å²) >= 11 is 0. The van der Waals surface area contributed by atoms with Crippen LogP contribution in [0.4, 0.5) is 0 Å². The minimum atomic E-state index is -3.89. The van der Waals surface area contributed by atoms with Crippen molar-refractivity contribution >= 4 is 35.0 Å². The van der Waals surface area contributed by atoms with E-state index in [2.05, 4.69) is 4.83 Å². The molecule has 0 spiro atoms. The Morgan fingerprint density at radius 3 is 2.20 bits per heavy atom. The fourth-order valence-corrected chi connectivity index (χ4v) is 5.40. The molecule has 0 fully saturated rings. The lowest BCUT2D eigenvalue weighted by Gasteiger charge is -2.39. The van der Waals surface area contributed by atoms with Crippen LogP contribution in [0.5, 0.6) is 0 Å². The number of hydrogen-bond donors (Lipinski definition) is 1. The molecule has 3 rings (SSSR count). The second kappa shape index (κ2) is 11.0. The second-order valence-electron chi connectivity index (χ2n) is 10.4. The van der Waals surface area contributed by atoms with Crippen molar-refractivity contribution in [2.24, 2.45) is 0 Å². The Morgan fingerprint density at radius 2 is 1.54 bits per heavy atom. The molecule has 0 saturated heterocycles. The Hall–Kier alpha value is -2.52. The van der Waals surface area contributed by atoms with Crippen molar-refractivity contribution in [3.05, 3.63) is 83.9 Å². The van der Waals surface area contributed by atoms with Gasteiger partial charge in [-0.05, 0) is 52.9 Å². The molecule has 0 atom stereocenters. The van der Waals surface area contributed by atoms with E-state index in [1.807, 2.05) is 101 Å². The van der Waals surface area contributed by atoms with Gasteiger partial charge in [0.25, 0.3) is 5.91 Å². The lowest BCUT2D eigenvalue weighted by Crippen LogP contribution is -2.55. The maximum atomic E-state index is 13.1. The number of nitrogens with zero attached hydrogens (tertiary/aromatic N) is 1. The summed E-state index contributed by atoms with van der Waals surface area (Å²) in [5.74, 6) is -0.653. The normalized spacial score (nSPS) is 12.6. The van der Waals surface area contributed by atoms with E-state index in [0.29, 0.717) is 12.0 Å². The van der Waals surface area contributed by atoms with Crippen LogP contribution >= 0.6 is 0 Å². The van der Waals surface area contributed by atoms with Gasteiger partial charge in [0.05, 0.1) is 5.75 Å². The number of hydroxylamine groups is 1. The van der Waals surface area contributed by atoms with Crippen LogP contribution in [0.2, 0.25) is 18.1 Å². The van der Waals surface area contributed by atoms with E-state index in [9.17, 15) is 13.2 Å². The van der Waals surface area contributed by atoms with Gasteiger partial charge in [-0.1, -0.05) is 98.4 Å². The first kappa shape index (κ1) is 27.1. The van der Waals surface area contributed by atoms with Gasteiger partial charge in [-0.3, -0.25) is 4.79 Å². The Bertz CT molecular complexity index is 1250. The molecule has 0 saturated carbocycles. The maximum absolute atomic E-state index is 13.1. The smallest absolute Gasteiger partial charge is 0.261 e. The van der Waals surface area contributed by atoms with Crippen LogP contribution in [0.1, 0.15) is 44.7 Å². The van der Waals surface area contributed by atoms with E-state index >= 15 is 0 Å². The van der Waals surface area contributed by atoms with Crippen LogP contribution in [0.3, 0.4) is 0 Å². The first-order valence-corrected chi connectivity index (χ1v) is 16.5. The lowest BCUT2D eigenvalue weighted by molar-refractivity contribution is -0.166. The first-order valence-electron chi connectivity index (χ1n) is 11.9. The SMILES string of the molecule is CC(C)(C)[Si](C)(C)ON(NS(=O)(=O)Cc1ccc2ccccc2c1)C(=O)CCCc1ccccc1. The van der Waals surface area contributed by atoms with Crippen molar-refractivity contribution in [2.75, 3.05) is 0 Å². The number of benzene rings is 3. The summed E-state index contributed by atoms with van der Waals surface area (Å²) in [5, 5.41) is 2.68. The second-order valence-corrected chi connectivity index (χ2v) is 16.8. The standard InChI is InChI=1S/C27H36N2O4SSi/c1-27(2,3)35(4,5)33-29(26(30)17-11-14-22-12-7-6-8-13-22)28-34(31,32)21-23-18-19-24-15-9-10-16-25(24)20-23/h6-10,12-13,15-16,18-20,28H,11,14,17,21H2,1-5H3. The third-order valence-electron chi connectivity index (χ3n) is 6.44. The number of fused-ring (bicyclic) bond motifs is 1. The highest BCUT2D eigenvalue weighted by Crippen LogP contribution is 2.37. The Kier molecular flexibility index (Phi) is 8.53. The quantitative estimate of drug-likeness (QED) is 0.268. The van der Waals surface area contributed by atoms with Crippen LogP contribution in [-0.4, -0.2) is 27.8 Å². The molecule has 0 aromatic heterocycles. The van der Waals surface area contributed by atoms with E-state index < -0.39 is 24.2 Å². The minimum absolute atomic E-state index is 0.169. The number of carbonyl (C=O) groups is 1. The fraction of sp³-hybridized carbons (Fsp3) is 0.370. The van der Waals surface area contributed by atoms with Gasteiger partial charge in [-0.2, -0.15) is 0 Å². The van der Waals surface area contributed by atoms with E-state index in [0.717, 1.165) is 27.9 Å². The minimum Gasteiger partial charge on any atom is -0.302 e. The Morgan fingerprint density at radius 1 is 0.914 bits per heavy atom. The van der Waals surface area contributed by atoms with Crippen molar-refractivity contribution in [3.63, 3.8) is 0 Å². The van der Waals surface area contributed by atoms with Gasteiger partial charge in [0.15, 0.2) is 0 Å². The highest BCUT2D eigenvalue weighted by molar-refractivity contribution is 7.88. The molecule has 1 N–H and O–H groups in total. The predicted molar refractivity (Wildman–Crippen MR) is 144 cm³/mol. The highest BCUT2D eigenvalue weighted by atomic mass is 32.2. The number of aryl methyl sites for hydroxylation is 1. The Balaban J connectivity index is 1.75. The van der Waals surface area contributed by atoms with E-state index in [4.69, 9.17) is 4.53 Å². The third-order valence-corrected chi connectivity index (χ3v) is 11.9. The summed E-state index contributed by atoms with van der Waals surface area (Å²) in [6, 6.07) is 23.2. The van der Waals surface area contributed by atoms with Gasteiger partial charge in [-0.15, -0.1) is 5.17 Å². The summed E-state index contributed by atoms with van der Waals surface area (Å²) in [7, 11) is -6.37. The molecule has 0 heterocycles. The number of amides is 1. The number of rotatable bonds is 10. The average molecular weight is 513 g/mol. The van der Waals surface area contributed by atoms with Crippen molar-refractivity contribution < 1.29 is 17.7 Å². The molecule has 1 amide bonds. The summed E-state index contributed by atoms with van der Waals surface area (Å²) in [4.78, 5) is 15.6. The van der Waals surface area contributed by atoms with E-state index in [1.54, 1.807) is 6.07 Å². The monoisotopic (exact) mass is 512 g/mol. The summed E-state index contributed by atoms with van der Waals surface area (Å²) in [6.07, 6.45) is 1.49. The molecule has 0 aliphatic rings. The summed E-state index contributed by atoms with van der Waals surface area (Å²) < 4.78 is 32.4. The van der Waals surface area contributed by atoms with Crippen molar-refractivity contribution in [1.82, 2.24) is 10.0 Å². The molecule has 0 aliphatic carbocycles. The topological polar surface area (TPSA) is 75.7 Å². The zero-order valence-electron chi connectivity index (χ0n) is 21.2. The van der Waals surface area contributed by atoms with Crippen LogP contribution in [-0.2, 0) is 31.5 Å². The van der Waals surface area contributed by atoms with E-state index in [1.165, 1.54) is 0 Å². The number of carbonyl (C=O) groups excluding carboxylic acids is 1. The van der Waals surface area contributed by atoms with Gasteiger partial charge in [0.2, 0.25) is 18.3 Å². The van der Waals surface area contributed by atoms with Crippen molar-refractivity contribution in [1.29, 1.82) is 0 Å². The van der Waals surface area contributed by atoms with Crippen LogP contribution in [0, 0.1) is 0 Å². The summed E-state index contributed by atoms with van der Waals surface area (Å²) in [6.45, 7) is 10.1. The molecule has 0 radical (unpaired) electrons. The first-order chi connectivity index (χ1) is 16.4.